The first kappa shape index (κ1) is 15.8. The molecule has 1 aliphatic heterocycles. The zero-order valence-corrected chi connectivity index (χ0v) is 11.8. The molecule has 19 heavy (non-hydrogen) atoms. The predicted octanol–water partition coefficient (Wildman–Crippen LogP) is 3.06. The van der Waals surface area contributed by atoms with Crippen molar-refractivity contribution in [2.75, 3.05) is 0 Å². The van der Waals surface area contributed by atoms with E-state index in [1.165, 1.54) is 12.8 Å². The van der Waals surface area contributed by atoms with E-state index in [-0.39, 0.29) is 12.2 Å². The van der Waals surface area contributed by atoms with Crippen molar-refractivity contribution < 1.29 is 9.84 Å². The van der Waals surface area contributed by atoms with Crippen LogP contribution in [-0.4, -0.2) is 23.4 Å². The third-order valence-corrected chi connectivity index (χ3v) is 3.08. The maximum atomic E-state index is 9.78. The summed E-state index contributed by atoms with van der Waals surface area (Å²) in [5, 5.41) is 9.78. The molecule has 1 aliphatic rings. The molecule has 104 valence electrons. The van der Waals surface area contributed by atoms with Gasteiger partial charge in [0, 0.05) is 6.42 Å². The fourth-order valence-corrected chi connectivity index (χ4v) is 1.90. The van der Waals surface area contributed by atoms with E-state index in [2.05, 4.69) is 37.2 Å². The minimum Gasteiger partial charge on any atom is -0.377 e. The minimum atomic E-state index is -0.686. The highest BCUT2D eigenvalue weighted by Gasteiger charge is 2.42. The van der Waals surface area contributed by atoms with Gasteiger partial charge in [-0.25, -0.2) is 0 Å². The molecular formula is C17H24O2. The zero-order valence-electron chi connectivity index (χ0n) is 11.8. The molecule has 1 saturated heterocycles. The molecule has 0 saturated carbocycles. The summed E-state index contributed by atoms with van der Waals surface area (Å²) in [7, 11) is 0. The third-order valence-electron chi connectivity index (χ3n) is 3.08. The van der Waals surface area contributed by atoms with Gasteiger partial charge in [0.1, 0.15) is 12.2 Å². The highest BCUT2D eigenvalue weighted by atomic mass is 16.6. The Kier molecular flexibility index (Phi) is 8.07. The number of hydrogen-bond acceptors (Lipinski definition) is 2. The Morgan fingerprint density at radius 3 is 2.89 bits per heavy atom. The number of rotatable bonds is 8. The fraction of sp³-hybridized carbons (Fsp3) is 0.647. The van der Waals surface area contributed by atoms with Crippen molar-refractivity contribution in [3.8, 4) is 23.7 Å². The van der Waals surface area contributed by atoms with Crippen LogP contribution in [0.2, 0.25) is 0 Å². The van der Waals surface area contributed by atoms with Crippen molar-refractivity contribution in [1.29, 1.82) is 0 Å². The minimum absolute atomic E-state index is 0.0973. The lowest BCUT2D eigenvalue weighted by molar-refractivity contribution is 0.185. The molecule has 0 radical (unpaired) electrons. The van der Waals surface area contributed by atoms with E-state index in [0.717, 1.165) is 32.1 Å². The van der Waals surface area contributed by atoms with Gasteiger partial charge in [0.15, 0.2) is 0 Å². The van der Waals surface area contributed by atoms with Gasteiger partial charge in [-0.3, -0.25) is 0 Å². The van der Waals surface area contributed by atoms with Crippen molar-refractivity contribution in [3.05, 3.63) is 12.7 Å². The molecule has 0 unspecified atom stereocenters. The number of aliphatic hydroxyl groups is 1. The van der Waals surface area contributed by atoms with Crippen LogP contribution in [0.1, 0.15) is 51.9 Å². The molecule has 0 bridgehead atoms. The van der Waals surface area contributed by atoms with Crippen LogP contribution in [0.15, 0.2) is 12.7 Å². The van der Waals surface area contributed by atoms with E-state index >= 15 is 0 Å². The van der Waals surface area contributed by atoms with E-state index in [1.807, 2.05) is 6.08 Å². The van der Waals surface area contributed by atoms with Crippen molar-refractivity contribution in [3.63, 3.8) is 0 Å². The fourth-order valence-electron chi connectivity index (χ4n) is 1.90. The first-order valence-corrected chi connectivity index (χ1v) is 7.22. The zero-order chi connectivity index (χ0) is 13.9. The number of hydrogen-bond donors (Lipinski definition) is 1. The molecule has 0 aromatic heterocycles. The van der Waals surface area contributed by atoms with E-state index in [1.54, 1.807) is 0 Å². The Morgan fingerprint density at radius 2 is 2.16 bits per heavy atom. The van der Waals surface area contributed by atoms with Gasteiger partial charge < -0.3 is 9.84 Å². The molecule has 1 heterocycles. The topological polar surface area (TPSA) is 32.8 Å². The van der Waals surface area contributed by atoms with Gasteiger partial charge in [0.2, 0.25) is 0 Å². The molecule has 3 atom stereocenters. The molecule has 2 nitrogen and oxygen atoms in total. The molecule has 0 amide bonds. The lowest BCUT2D eigenvalue weighted by atomic mass is 10.1. The summed E-state index contributed by atoms with van der Waals surface area (Å²) in [6, 6.07) is 0. The Hall–Kier alpha value is -1.22. The second-order valence-corrected chi connectivity index (χ2v) is 4.83. The Morgan fingerprint density at radius 1 is 1.32 bits per heavy atom. The number of ether oxygens (including phenoxy) is 1. The average molecular weight is 260 g/mol. The number of unbranched alkanes of at least 4 members (excludes halogenated alkanes) is 4. The quantitative estimate of drug-likeness (QED) is 0.315. The Labute approximate surface area is 117 Å². The second kappa shape index (κ2) is 9.68. The summed E-state index contributed by atoms with van der Waals surface area (Å²) >= 11 is 0. The number of epoxide rings is 1. The molecule has 0 aromatic rings. The lowest BCUT2D eigenvalue weighted by Gasteiger charge is -1.98. The SMILES string of the molecule is C=CCCCCC[C@@H]1O[C@@H]1[C@H](O)C#CC#CCCC. The standard InChI is InChI=1S/C17H24O2/c1-3-5-7-9-11-13-15(18)17-16(19-17)14-12-10-8-6-4-2/h4,15-18H,2-3,5-6,8,10,12,14H2,1H3/t15-,16+,17-/m1/s1. The maximum Gasteiger partial charge on any atom is 0.144 e. The molecule has 0 aliphatic carbocycles. The van der Waals surface area contributed by atoms with Gasteiger partial charge >= 0.3 is 0 Å². The van der Waals surface area contributed by atoms with Crippen molar-refractivity contribution in [2.45, 2.75) is 70.2 Å². The van der Waals surface area contributed by atoms with Crippen LogP contribution in [0.5, 0.6) is 0 Å². The normalized spacial score (nSPS) is 21.6. The summed E-state index contributed by atoms with van der Waals surface area (Å²) in [5.41, 5.74) is 0. The highest BCUT2D eigenvalue weighted by Crippen LogP contribution is 2.30. The molecule has 2 heteroatoms. The van der Waals surface area contributed by atoms with E-state index < -0.39 is 6.10 Å². The first-order valence-electron chi connectivity index (χ1n) is 7.22. The van der Waals surface area contributed by atoms with Crippen LogP contribution in [-0.2, 0) is 4.74 Å². The van der Waals surface area contributed by atoms with Crippen LogP contribution in [0.4, 0.5) is 0 Å². The maximum absolute atomic E-state index is 9.78. The van der Waals surface area contributed by atoms with Gasteiger partial charge in [-0.15, -0.1) is 6.58 Å². The van der Waals surface area contributed by atoms with Crippen LogP contribution < -0.4 is 0 Å². The van der Waals surface area contributed by atoms with E-state index in [4.69, 9.17) is 4.74 Å². The monoisotopic (exact) mass is 260 g/mol. The summed E-state index contributed by atoms with van der Waals surface area (Å²) in [6.07, 6.45) is 8.89. The van der Waals surface area contributed by atoms with Crippen molar-refractivity contribution in [1.82, 2.24) is 0 Å². The van der Waals surface area contributed by atoms with Gasteiger partial charge in [-0.05, 0) is 37.5 Å². The Bertz CT molecular complexity index is 378. The van der Waals surface area contributed by atoms with Crippen LogP contribution in [0.25, 0.3) is 0 Å². The molecule has 1 N–H and O–H groups in total. The summed E-state index contributed by atoms with van der Waals surface area (Å²) < 4.78 is 5.44. The number of allylic oxidation sites excluding steroid dienone is 1. The van der Waals surface area contributed by atoms with Crippen molar-refractivity contribution >= 4 is 0 Å². The third kappa shape index (κ3) is 7.06. The highest BCUT2D eigenvalue weighted by molar-refractivity contribution is 5.28. The van der Waals surface area contributed by atoms with Crippen LogP contribution in [0, 0.1) is 23.7 Å². The Balaban J connectivity index is 2.11. The average Bonchev–Trinajstić information content (AvgIpc) is 3.18. The van der Waals surface area contributed by atoms with Crippen LogP contribution in [0.3, 0.4) is 0 Å². The molecule has 0 aromatic carbocycles. The van der Waals surface area contributed by atoms with Gasteiger partial charge in [0.05, 0.1) is 6.10 Å². The summed E-state index contributed by atoms with van der Waals surface area (Å²) in [4.78, 5) is 0. The van der Waals surface area contributed by atoms with Crippen LogP contribution >= 0.6 is 0 Å². The predicted molar refractivity (Wildman–Crippen MR) is 78.4 cm³/mol. The first-order chi connectivity index (χ1) is 9.29. The smallest absolute Gasteiger partial charge is 0.144 e. The lowest BCUT2D eigenvalue weighted by Crippen LogP contribution is -2.14. The van der Waals surface area contributed by atoms with Gasteiger partial charge in [0.25, 0.3) is 0 Å². The van der Waals surface area contributed by atoms with Gasteiger partial charge in [-0.1, -0.05) is 37.7 Å². The molecule has 0 spiro atoms. The van der Waals surface area contributed by atoms with Gasteiger partial charge in [-0.2, -0.15) is 0 Å². The molecular weight excluding hydrogens is 236 g/mol. The van der Waals surface area contributed by atoms with E-state index in [9.17, 15) is 5.11 Å². The summed E-state index contributed by atoms with van der Waals surface area (Å²) in [6.45, 7) is 5.78. The summed E-state index contributed by atoms with van der Waals surface area (Å²) in [5.74, 6) is 11.1. The number of aliphatic hydroxyl groups excluding tert-OH is 1. The largest absolute Gasteiger partial charge is 0.377 e. The van der Waals surface area contributed by atoms with E-state index in [0.29, 0.717) is 0 Å². The second-order valence-electron chi connectivity index (χ2n) is 4.83. The molecule has 1 fully saturated rings. The van der Waals surface area contributed by atoms with Crippen molar-refractivity contribution in [2.24, 2.45) is 0 Å². The molecule has 1 rings (SSSR count).